The standard InChI is InChI=1S/C9H7Br2NO2/c1-14-5-2-3-7-6(4-5)9(10,11)8(13)12-7/h2-4H,1H3,(H,12,13). The van der Waals surface area contributed by atoms with Crippen LogP contribution in [0.5, 0.6) is 5.75 Å². The molecular weight excluding hydrogens is 314 g/mol. The highest BCUT2D eigenvalue weighted by Crippen LogP contribution is 2.48. The van der Waals surface area contributed by atoms with Gasteiger partial charge in [0.25, 0.3) is 5.91 Å². The van der Waals surface area contributed by atoms with Gasteiger partial charge in [0.2, 0.25) is 0 Å². The number of amides is 1. The van der Waals surface area contributed by atoms with E-state index in [0.717, 1.165) is 17.0 Å². The predicted octanol–water partition coefficient (Wildman–Crippen LogP) is 2.59. The molecule has 0 aliphatic carbocycles. The number of carbonyl (C=O) groups is 1. The summed E-state index contributed by atoms with van der Waals surface area (Å²) in [5.74, 6) is 0.601. The molecule has 3 nitrogen and oxygen atoms in total. The van der Waals surface area contributed by atoms with Crippen molar-refractivity contribution in [1.29, 1.82) is 0 Å². The van der Waals surface area contributed by atoms with Crippen LogP contribution in [0.3, 0.4) is 0 Å². The lowest BCUT2D eigenvalue weighted by Crippen LogP contribution is -2.20. The molecule has 1 aliphatic heterocycles. The molecule has 1 heterocycles. The summed E-state index contributed by atoms with van der Waals surface area (Å²) in [6.45, 7) is 0. The van der Waals surface area contributed by atoms with Crippen molar-refractivity contribution in [3.63, 3.8) is 0 Å². The molecule has 2 rings (SSSR count). The number of benzene rings is 1. The van der Waals surface area contributed by atoms with Crippen LogP contribution in [-0.2, 0) is 8.03 Å². The van der Waals surface area contributed by atoms with Crippen LogP contribution in [0.25, 0.3) is 0 Å². The summed E-state index contributed by atoms with van der Waals surface area (Å²) in [6, 6.07) is 5.44. The van der Waals surface area contributed by atoms with Crippen molar-refractivity contribution in [3.8, 4) is 5.75 Å². The highest BCUT2D eigenvalue weighted by atomic mass is 79.9. The average molecular weight is 321 g/mol. The number of nitrogens with one attached hydrogen (secondary N) is 1. The summed E-state index contributed by atoms with van der Waals surface area (Å²) in [4.78, 5) is 11.5. The molecule has 5 heteroatoms. The van der Waals surface area contributed by atoms with E-state index in [9.17, 15) is 4.79 Å². The number of anilines is 1. The van der Waals surface area contributed by atoms with Crippen LogP contribution >= 0.6 is 31.9 Å². The van der Waals surface area contributed by atoms with Gasteiger partial charge in [0, 0.05) is 11.3 Å². The quantitative estimate of drug-likeness (QED) is 0.808. The maximum atomic E-state index is 11.5. The number of alkyl halides is 2. The lowest BCUT2D eigenvalue weighted by atomic mass is 10.1. The zero-order valence-electron chi connectivity index (χ0n) is 7.30. The van der Waals surface area contributed by atoms with E-state index >= 15 is 0 Å². The molecule has 0 aromatic heterocycles. The second kappa shape index (κ2) is 3.24. The van der Waals surface area contributed by atoms with Crippen LogP contribution in [0.2, 0.25) is 0 Å². The minimum Gasteiger partial charge on any atom is -0.497 e. The number of ether oxygens (including phenoxy) is 1. The molecule has 0 bridgehead atoms. The fourth-order valence-electron chi connectivity index (χ4n) is 1.34. The number of methoxy groups -OCH3 is 1. The molecule has 0 atom stereocenters. The summed E-state index contributed by atoms with van der Waals surface area (Å²) in [6.07, 6.45) is 0. The lowest BCUT2D eigenvalue weighted by Gasteiger charge is -2.11. The van der Waals surface area contributed by atoms with E-state index in [-0.39, 0.29) is 5.91 Å². The zero-order valence-corrected chi connectivity index (χ0v) is 10.5. The van der Waals surface area contributed by atoms with E-state index in [1.807, 2.05) is 12.1 Å². The number of fused-ring (bicyclic) bond motifs is 1. The zero-order chi connectivity index (χ0) is 10.3. The predicted molar refractivity (Wildman–Crippen MR) is 61.2 cm³/mol. The van der Waals surface area contributed by atoms with E-state index in [1.54, 1.807) is 13.2 Å². The van der Waals surface area contributed by atoms with Crippen molar-refractivity contribution < 1.29 is 9.53 Å². The molecule has 0 saturated heterocycles. The van der Waals surface area contributed by atoms with Crippen LogP contribution in [-0.4, -0.2) is 13.0 Å². The summed E-state index contributed by atoms with van der Waals surface area (Å²) in [5, 5.41) is 2.75. The monoisotopic (exact) mass is 319 g/mol. The van der Waals surface area contributed by atoms with Gasteiger partial charge in [-0.2, -0.15) is 0 Å². The number of rotatable bonds is 1. The summed E-state index contributed by atoms with van der Waals surface area (Å²) >= 11 is 6.64. The molecule has 1 amide bonds. The molecule has 0 radical (unpaired) electrons. The van der Waals surface area contributed by atoms with Crippen molar-refractivity contribution >= 4 is 43.5 Å². The van der Waals surface area contributed by atoms with Gasteiger partial charge in [-0.25, -0.2) is 0 Å². The maximum absolute atomic E-state index is 11.5. The molecule has 0 unspecified atom stereocenters. The van der Waals surface area contributed by atoms with Crippen LogP contribution < -0.4 is 10.1 Å². The van der Waals surface area contributed by atoms with Crippen molar-refractivity contribution in [2.45, 2.75) is 3.23 Å². The molecule has 14 heavy (non-hydrogen) atoms. The first-order valence-electron chi connectivity index (χ1n) is 3.93. The number of halogens is 2. The van der Waals surface area contributed by atoms with Gasteiger partial charge >= 0.3 is 0 Å². The fourth-order valence-corrected chi connectivity index (χ4v) is 2.20. The Bertz CT molecular complexity index is 404. The molecular formula is C9H7Br2NO2. The largest absolute Gasteiger partial charge is 0.497 e. The second-order valence-corrected chi connectivity index (χ2v) is 6.38. The molecule has 74 valence electrons. The SMILES string of the molecule is COc1ccc2c(c1)C(Br)(Br)C(=O)N2. The number of hydrogen-bond donors (Lipinski definition) is 1. The summed E-state index contributed by atoms with van der Waals surface area (Å²) in [7, 11) is 1.59. The van der Waals surface area contributed by atoms with Gasteiger partial charge in [0.1, 0.15) is 5.75 Å². The molecule has 1 aliphatic rings. The number of hydrogen-bond acceptors (Lipinski definition) is 2. The third kappa shape index (κ3) is 1.35. The fraction of sp³-hybridized carbons (Fsp3) is 0.222. The topological polar surface area (TPSA) is 38.3 Å². The Morgan fingerprint density at radius 3 is 2.79 bits per heavy atom. The van der Waals surface area contributed by atoms with Gasteiger partial charge in [0.15, 0.2) is 3.23 Å². The van der Waals surface area contributed by atoms with E-state index in [2.05, 4.69) is 37.2 Å². The number of carbonyl (C=O) groups excluding carboxylic acids is 1. The Morgan fingerprint density at radius 1 is 1.43 bits per heavy atom. The van der Waals surface area contributed by atoms with Crippen LogP contribution in [0.1, 0.15) is 5.56 Å². The van der Waals surface area contributed by atoms with E-state index in [0.29, 0.717) is 0 Å². The Morgan fingerprint density at radius 2 is 2.14 bits per heavy atom. The van der Waals surface area contributed by atoms with Gasteiger partial charge in [-0.1, -0.05) is 31.9 Å². The molecule has 0 fully saturated rings. The Labute approximate surface area is 98.1 Å². The Hall–Kier alpha value is -0.550. The Balaban J connectivity index is 2.56. The van der Waals surface area contributed by atoms with Crippen LogP contribution in [0.4, 0.5) is 5.69 Å². The smallest absolute Gasteiger partial charge is 0.256 e. The van der Waals surface area contributed by atoms with Crippen molar-refractivity contribution in [2.75, 3.05) is 12.4 Å². The molecule has 1 aromatic carbocycles. The average Bonchev–Trinajstić information content (AvgIpc) is 2.38. The van der Waals surface area contributed by atoms with E-state index in [1.165, 1.54) is 0 Å². The van der Waals surface area contributed by atoms with Gasteiger partial charge in [-0.3, -0.25) is 4.79 Å². The lowest BCUT2D eigenvalue weighted by molar-refractivity contribution is -0.115. The minimum absolute atomic E-state index is 0.124. The van der Waals surface area contributed by atoms with Crippen molar-refractivity contribution in [3.05, 3.63) is 23.8 Å². The second-order valence-electron chi connectivity index (χ2n) is 2.94. The molecule has 1 N–H and O–H groups in total. The van der Waals surface area contributed by atoms with Crippen molar-refractivity contribution in [1.82, 2.24) is 0 Å². The van der Waals surface area contributed by atoms with Gasteiger partial charge in [-0.05, 0) is 18.2 Å². The first kappa shape index (κ1) is 9.98. The first-order chi connectivity index (χ1) is 6.55. The molecule has 0 spiro atoms. The van der Waals surface area contributed by atoms with Gasteiger partial charge in [-0.15, -0.1) is 0 Å². The normalized spacial score (nSPS) is 17.5. The summed E-state index contributed by atoms with van der Waals surface area (Å²) in [5.41, 5.74) is 1.63. The highest BCUT2D eigenvalue weighted by molar-refractivity contribution is 9.25. The van der Waals surface area contributed by atoms with E-state index in [4.69, 9.17) is 4.74 Å². The Kier molecular flexibility index (Phi) is 2.31. The highest BCUT2D eigenvalue weighted by Gasteiger charge is 2.42. The van der Waals surface area contributed by atoms with E-state index < -0.39 is 3.23 Å². The third-order valence-electron chi connectivity index (χ3n) is 2.10. The third-order valence-corrected chi connectivity index (χ3v) is 3.67. The van der Waals surface area contributed by atoms with Gasteiger partial charge < -0.3 is 10.1 Å². The molecule has 1 aromatic rings. The minimum atomic E-state index is -0.829. The first-order valence-corrected chi connectivity index (χ1v) is 5.52. The van der Waals surface area contributed by atoms with Crippen LogP contribution in [0, 0.1) is 0 Å². The maximum Gasteiger partial charge on any atom is 0.256 e. The van der Waals surface area contributed by atoms with Gasteiger partial charge in [0.05, 0.1) is 7.11 Å². The summed E-state index contributed by atoms with van der Waals surface area (Å²) < 4.78 is 4.26. The van der Waals surface area contributed by atoms with Crippen LogP contribution in [0.15, 0.2) is 18.2 Å². The van der Waals surface area contributed by atoms with Crippen molar-refractivity contribution in [2.24, 2.45) is 0 Å². The molecule has 0 saturated carbocycles.